The average Bonchev–Trinajstić information content (AvgIpc) is 2.26. The van der Waals surface area contributed by atoms with Crippen LogP contribution in [-0.4, -0.2) is 50.6 Å². The Kier molecular flexibility index (Phi) is 5.79. The van der Waals surface area contributed by atoms with Gasteiger partial charge in [-0.3, -0.25) is 4.90 Å². The standard InChI is InChI=1S/C15H27N3/c1-12-8-13(2)10-14(9-12)15(11-16)18(5)7-6-17(3)4/h8-10,15H,6-7,11,16H2,1-5H3. The lowest BCUT2D eigenvalue weighted by molar-refractivity contribution is 0.222. The first-order chi connectivity index (χ1) is 8.43. The minimum Gasteiger partial charge on any atom is -0.329 e. The smallest absolute Gasteiger partial charge is 0.0468 e. The number of hydrogen-bond donors (Lipinski definition) is 1. The fourth-order valence-electron chi connectivity index (χ4n) is 2.29. The molecule has 1 aromatic carbocycles. The summed E-state index contributed by atoms with van der Waals surface area (Å²) in [6.07, 6.45) is 0. The molecule has 0 fully saturated rings. The van der Waals surface area contributed by atoms with E-state index in [4.69, 9.17) is 5.73 Å². The van der Waals surface area contributed by atoms with Gasteiger partial charge < -0.3 is 10.6 Å². The van der Waals surface area contributed by atoms with Crippen LogP contribution in [-0.2, 0) is 0 Å². The number of benzene rings is 1. The van der Waals surface area contributed by atoms with Crippen LogP contribution in [0.3, 0.4) is 0 Å². The van der Waals surface area contributed by atoms with Crippen molar-refractivity contribution in [2.45, 2.75) is 19.9 Å². The van der Waals surface area contributed by atoms with Gasteiger partial charge in [0.15, 0.2) is 0 Å². The summed E-state index contributed by atoms with van der Waals surface area (Å²) in [6.45, 7) is 7.03. The molecule has 0 spiro atoms. The van der Waals surface area contributed by atoms with Crippen molar-refractivity contribution in [1.29, 1.82) is 0 Å². The summed E-state index contributed by atoms with van der Waals surface area (Å²) in [5, 5.41) is 0. The molecule has 0 aliphatic heterocycles. The zero-order valence-electron chi connectivity index (χ0n) is 12.4. The fourth-order valence-corrected chi connectivity index (χ4v) is 2.29. The number of rotatable bonds is 6. The Morgan fingerprint density at radius 3 is 2.00 bits per heavy atom. The van der Waals surface area contributed by atoms with Gasteiger partial charge in [-0.1, -0.05) is 29.3 Å². The largest absolute Gasteiger partial charge is 0.329 e. The lowest BCUT2D eigenvalue weighted by Crippen LogP contribution is -2.35. The topological polar surface area (TPSA) is 32.5 Å². The Morgan fingerprint density at radius 1 is 1.00 bits per heavy atom. The van der Waals surface area contributed by atoms with E-state index in [0.717, 1.165) is 13.1 Å². The summed E-state index contributed by atoms with van der Waals surface area (Å²) in [7, 11) is 6.35. The summed E-state index contributed by atoms with van der Waals surface area (Å²) >= 11 is 0. The quantitative estimate of drug-likeness (QED) is 0.834. The van der Waals surface area contributed by atoms with E-state index < -0.39 is 0 Å². The average molecular weight is 249 g/mol. The molecular weight excluding hydrogens is 222 g/mol. The van der Waals surface area contributed by atoms with E-state index in [1.807, 2.05) is 0 Å². The zero-order chi connectivity index (χ0) is 13.7. The third kappa shape index (κ3) is 4.41. The first kappa shape index (κ1) is 15.2. The van der Waals surface area contributed by atoms with Gasteiger partial charge >= 0.3 is 0 Å². The third-order valence-electron chi connectivity index (χ3n) is 3.28. The molecule has 0 aliphatic rings. The maximum atomic E-state index is 5.96. The van der Waals surface area contributed by atoms with E-state index in [9.17, 15) is 0 Å². The van der Waals surface area contributed by atoms with E-state index in [0.29, 0.717) is 12.6 Å². The van der Waals surface area contributed by atoms with Crippen LogP contribution in [0.1, 0.15) is 22.7 Å². The molecule has 0 saturated heterocycles. The van der Waals surface area contributed by atoms with Crippen LogP contribution in [0, 0.1) is 13.8 Å². The molecule has 1 atom stereocenters. The van der Waals surface area contributed by atoms with Crippen molar-refractivity contribution in [3.8, 4) is 0 Å². The van der Waals surface area contributed by atoms with Gasteiger partial charge in [-0.25, -0.2) is 0 Å². The van der Waals surface area contributed by atoms with Crippen LogP contribution in [0.5, 0.6) is 0 Å². The van der Waals surface area contributed by atoms with Gasteiger partial charge in [-0.2, -0.15) is 0 Å². The molecule has 0 heterocycles. The zero-order valence-corrected chi connectivity index (χ0v) is 12.4. The number of aryl methyl sites for hydroxylation is 2. The van der Waals surface area contributed by atoms with Crippen molar-refractivity contribution in [3.63, 3.8) is 0 Å². The van der Waals surface area contributed by atoms with Crippen LogP contribution in [0.15, 0.2) is 18.2 Å². The normalized spacial score (nSPS) is 13.3. The van der Waals surface area contributed by atoms with Gasteiger partial charge in [0.25, 0.3) is 0 Å². The molecule has 1 aromatic rings. The second kappa shape index (κ2) is 6.88. The van der Waals surface area contributed by atoms with Crippen molar-refractivity contribution < 1.29 is 0 Å². The highest BCUT2D eigenvalue weighted by atomic mass is 15.2. The minimum atomic E-state index is 0.309. The fraction of sp³-hybridized carbons (Fsp3) is 0.600. The predicted octanol–water partition coefficient (Wildman–Crippen LogP) is 1.80. The molecule has 1 unspecified atom stereocenters. The molecule has 18 heavy (non-hydrogen) atoms. The van der Waals surface area contributed by atoms with Crippen LogP contribution >= 0.6 is 0 Å². The van der Waals surface area contributed by atoms with Crippen LogP contribution in [0.25, 0.3) is 0 Å². The van der Waals surface area contributed by atoms with Crippen molar-refractivity contribution >= 4 is 0 Å². The highest BCUT2D eigenvalue weighted by Gasteiger charge is 2.15. The van der Waals surface area contributed by atoms with E-state index >= 15 is 0 Å². The summed E-state index contributed by atoms with van der Waals surface area (Å²) in [6, 6.07) is 7.01. The summed E-state index contributed by atoms with van der Waals surface area (Å²) < 4.78 is 0. The molecule has 0 aliphatic carbocycles. The molecule has 3 heteroatoms. The SMILES string of the molecule is Cc1cc(C)cc(C(CN)N(C)CCN(C)C)c1. The summed E-state index contributed by atoms with van der Waals surface area (Å²) in [4.78, 5) is 4.54. The van der Waals surface area contributed by atoms with E-state index in [1.165, 1.54) is 16.7 Å². The van der Waals surface area contributed by atoms with Crippen LogP contribution in [0.2, 0.25) is 0 Å². The number of nitrogens with two attached hydrogens (primary N) is 1. The number of hydrogen-bond acceptors (Lipinski definition) is 3. The van der Waals surface area contributed by atoms with Gasteiger partial charge in [0, 0.05) is 25.7 Å². The predicted molar refractivity (Wildman–Crippen MR) is 78.9 cm³/mol. The highest BCUT2D eigenvalue weighted by molar-refractivity contribution is 5.30. The third-order valence-corrected chi connectivity index (χ3v) is 3.28. The van der Waals surface area contributed by atoms with Gasteiger partial charge in [0.05, 0.1) is 0 Å². The Balaban J connectivity index is 2.81. The second-order valence-electron chi connectivity index (χ2n) is 5.46. The van der Waals surface area contributed by atoms with Crippen molar-refractivity contribution in [3.05, 3.63) is 34.9 Å². The van der Waals surface area contributed by atoms with Crippen LogP contribution < -0.4 is 5.73 Å². The molecule has 2 N–H and O–H groups in total. The van der Waals surface area contributed by atoms with Gasteiger partial charge in [0.2, 0.25) is 0 Å². The first-order valence-electron chi connectivity index (χ1n) is 6.57. The van der Waals surface area contributed by atoms with Crippen molar-refractivity contribution in [2.75, 3.05) is 40.8 Å². The molecule has 3 nitrogen and oxygen atoms in total. The second-order valence-corrected chi connectivity index (χ2v) is 5.46. The Bertz CT molecular complexity index is 354. The molecule has 1 rings (SSSR count). The Labute approximate surface area is 112 Å². The maximum absolute atomic E-state index is 5.96. The molecule has 0 bridgehead atoms. The maximum Gasteiger partial charge on any atom is 0.0468 e. The molecule has 102 valence electrons. The number of likely N-dealkylation sites (N-methyl/N-ethyl adjacent to an activating group) is 2. The summed E-state index contributed by atoms with van der Waals surface area (Å²) in [5.74, 6) is 0. The monoisotopic (exact) mass is 249 g/mol. The lowest BCUT2D eigenvalue weighted by Gasteiger charge is -2.29. The van der Waals surface area contributed by atoms with Crippen LogP contribution in [0.4, 0.5) is 0 Å². The Hall–Kier alpha value is -0.900. The molecule has 0 amide bonds. The van der Waals surface area contributed by atoms with Gasteiger partial charge in [-0.15, -0.1) is 0 Å². The number of nitrogens with zero attached hydrogens (tertiary/aromatic N) is 2. The lowest BCUT2D eigenvalue weighted by atomic mass is 10.0. The van der Waals surface area contributed by atoms with Crippen molar-refractivity contribution in [2.24, 2.45) is 5.73 Å². The Morgan fingerprint density at radius 2 is 1.56 bits per heavy atom. The van der Waals surface area contributed by atoms with Gasteiger partial charge in [-0.05, 0) is 40.6 Å². The van der Waals surface area contributed by atoms with Crippen molar-refractivity contribution in [1.82, 2.24) is 9.80 Å². The minimum absolute atomic E-state index is 0.309. The summed E-state index contributed by atoms with van der Waals surface area (Å²) in [5.41, 5.74) is 9.91. The molecule has 0 radical (unpaired) electrons. The van der Waals surface area contributed by atoms with E-state index in [-0.39, 0.29) is 0 Å². The highest BCUT2D eigenvalue weighted by Crippen LogP contribution is 2.20. The molecule has 0 saturated carbocycles. The first-order valence-corrected chi connectivity index (χ1v) is 6.57. The molecule has 0 aromatic heterocycles. The van der Waals surface area contributed by atoms with Gasteiger partial charge in [0.1, 0.15) is 0 Å². The van der Waals surface area contributed by atoms with E-state index in [2.05, 4.69) is 63.0 Å². The van der Waals surface area contributed by atoms with E-state index in [1.54, 1.807) is 0 Å². The molecular formula is C15H27N3.